The van der Waals surface area contributed by atoms with Crippen LogP contribution in [0.25, 0.3) is 0 Å². The lowest BCUT2D eigenvalue weighted by molar-refractivity contribution is 0.0895. The second kappa shape index (κ2) is 7.69. The minimum Gasteiger partial charge on any atom is -0.383 e. The average Bonchev–Trinajstić information content (AvgIpc) is 2.30. The Kier molecular flexibility index (Phi) is 6.55. The third kappa shape index (κ3) is 4.66. The fraction of sp³-hybridized carbons (Fsp3) is 0.417. The Balaban J connectivity index is 2.67. The zero-order valence-corrected chi connectivity index (χ0v) is 11.9. The van der Waals surface area contributed by atoms with Gasteiger partial charge in [0.15, 0.2) is 0 Å². The van der Waals surface area contributed by atoms with Crippen LogP contribution in [0.5, 0.6) is 0 Å². The fourth-order valence-corrected chi connectivity index (χ4v) is 2.21. The van der Waals surface area contributed by atoms with Crippen molar-refractivity contribution in [1.29, 1.82) is 0 Å². The van der Waals surface area contributed by atoms with E-state index in [1.165, 1.54) is 0 Å². The molecule has 0 fully saturated rings. The number of hydrogen-bond donors (Lipinski definition) is 1. The van der Waals surface area contributed by atoms with Crippen molar-refractivity contribution in [3.05, 3.63) is 34.9 Å². The first-order chi connectivity index (χ1) is 8.19. The number of halogens is 2. The maximum Gasteiger partial charge on any atom is 0.253 e. The maximum atomic E-state index is 12.0. The molecule has 0 aliphatic carbocycles. The smallest absolute Gasteiger partial charge is 0.253 e. The van der Waals surface area contributed by atoms with Crippen LogP contribution in [0.2, 0.25) is 5.02 Å². The molecule has 1 rings (SSSR count). The Morgan fingerprint density at radius 2 is 2.24 bits per heavy atom. The molecule has 0 aliphatic rings. The Morgan fingerprint density at radius 1 is 1.53 bits per heavy atom. The van der Waals surface area contributed by atoms with Gasteiger partial charge in [0.05, 0.1) is 23.2 Å². The van der Waals surface area contributed by atoms with E-state index in [1.54, 1.807) is 31.4 Å². The number of alkyl halides is 1. The van der Waals surface area contributed by atoms with Gasteiger partial charge in [0.2, 0.25) is 0 Å². The summed E-state index contributed by atoms with van der Waals surface area (Å²) in [6.07, 6.45) is 0.810. The molecule has 0 aliphatic heterocycles. The number of benzene rings is 1. The van der Waals surface area contributed by atoms with Gasteiger partial charge >= 0.3 is 0 Å². The molecular weight excluding hydrogens is 305 g/mol. The van der Waals surface area contributed by atoms with Crippen molar-refractivity contribution in [2.24, 2.45) is 0 Å². The van der Waals surface area contributed by atoms with Crippen LogP contribution in [0.15, 0.2) is 24.3 Å². The molecule has 0 bridgehead atoms. The first-order valence-corrected chi connectivity index (χ1v) is 6.79. The largest absolute Gasteiger partial charge is 0.383 e. The quantitative estimate of drug-likeness (QED) is 0.819. The highest BCUT2D eigenvalue weighted by Crippen LogP contribution is 2.15. The molecule has 0 aromatic heterocycles. The lowest BCUT2D eigenvalue weighted by Gasteiger charge is -2.17. The van der Waals surface area contributed by atoms with Crippen LogP contribution < -0.4 is 5.32 Å². The van der Waals surface area contributed by atoms with Crippen molar-refractivity contribution in [2.45, 2.75) is 12.5 Å². The molecule has 0 heterocycles. The lowest BCUT2D eigenvalue weighted by atomic mass is 10.2. The van der Waals surface area contributed by atoms with Gasteiger partial charge < -0.3 is 10.1 Å². The van der Waals surface area contributed by atoms with Crippen LogP contribution >= 0.6 is 27.5 Å². The van der Waals surface area contributed by atoms with E-state index in [0.717, 1.165) is 11.8 Å². The van der Waals surface area contributed by atoms with Gasteiger partial charge in [-0.05, 0) is 18.6 Å². The first kappa shape index (κ1) is 14.5. The third-order valence-corrected chi connectivity index (χ3v) is 3.07. The zero-order chi connectivity index (χ0) is 12.7. The Labute approximate surface area is 115 Å². The first-order valence-electron chi connectivity index (χ1n) is 5.29. The molecule has 0 radical (unpaired) electrons. The number of rotatable bonds is 6. The summed E-state index contributed by atoms with van der Waals surface area (Å²) in [5, 5.41) is 4.17. The van der Waals surface area contributed by atoms with Crippen molar-refractivity contribution in [3.8, 4) is 0 Å². The van der Waals surface area contributed by atoms with Crippen molar-refractivity contribution < 1.29 is 9.53 Å². The summed E-state index contributed by atoms with van der Waals surface area (Å²) in [6.45, 7) is 0.488. The van der Waals surface area contributed by atoms with Gasteiger partial charge in [-0.15, -0.1) is 0 Å². The number of nitrogens with one attached hydrogen (secondary N) is 1. The highest BCUT2D eigenvalue weighted by Gasteiger charge is 2.14. The van der Waals surface area contributed by atoms with E-state index in [4.69, 9.17) is 16.3 Å². The van der Waals surface area contributed by atoms with E-state index in [9.17, 15) is 4.79 Å². The third-order valence-electron chi connectivity index (χ3n) is 2.28. The molecule has 17 heavy (non-hydrogen) atoms. The molecule has 3 nitrogen and oxygen atoms in total. The van der Waals surface area contributed by atoms with Gasteiger partial charge in [-0.1, -0.05) is 39.7 Å². The van der Waals surface area contributed by atoms with E-state index < -0.39 is 0 Å². The van der Waals surface area contributed by atoms with Crippen LogP contribution in [0.4, 0.5) is 0 Å². The van der Waals surface area contributed by atoms with Gasteiger partial charge in [-0.25, -0.2) is 0 Å². The predicted octanol–water partition coefficient (Wildman–Crippen LogP) is 2.87. The van der Waals surface area contributed by atoms with Crippen LogP contribution in [0.3, 0.4) is 0 Å². The normalized spacial score (nSPS) is 12.2. The molecule has 1 amide bonds. The van der Waals surface area contributed by atoms with Crippen LogP contribution in [-0.4, -0.2) is 31.0 Å². The predicted molar refractivity (Wildman–Crippen MR) is 73.0 cm³/mol. The monoisotopic (exact) mass is 319 g/mol. The number of carbonyl (C=O) groups excluding carboxylic acids is 1. The molecule has 1 unspecified atom stereocenters. The van der Waals surface area contributed by atoms with Gasteiger partial charge in [0, 0.05) is 12.4 Å². The van der Waals surface area contributed by atoms with Crippen LogP contribution in [-0.2, 0) is 4.74 Å². The highest BCUT2D eigenvalue weighted by molar-refractivity contribution is 9.09. The van der Waals surface area contributed by atoms with Crippen molar-refractivity contribution in [2.75, 3.05) is 19.0 Å². The molecule has 0 saturated carbocycles. The van der Waals surface area contributed by atoms with Crippen molar-refractivity contribution >= 4 is 33.4 Å². The molecule has 1 aromatic rings. The molecule has 5 heteroatoms. The molecule has 1 N–H and O–H groups in total. The number of methoxy groups -OCH3 is 1. The summed E-state index contributed by atoms with van der Waals surface area (Å²) >= 11 is 9.30. The summed E-state index contributed by atoms with van der Waals surface area (Å²) in [4.78, 5) is 12.0. The second-order valence-corrected chi connectivity index (χ2v) is 4.78. The second-order valence-electron chi connectivity index (χ2n) is 3.58. The van der Waals surface area contributed by atoms with Gasteiger partial charge in [0.25, 0.3) is 5.91 Å². The Morgan fingerprint density at radius 3 is 2.82 bits per heavy atom. The van der Waals surface area contributed by atoms with E-state index in [-0.39, 0.29) is 11.9 Å². The molecule has 1 aromatic carbocycles. The summed E-state index contributed by atoms with van der Waals surface area (Å²) in [7, 11) is 1.61. The fourth-order valence-electron chi connectivity index (χ4n) is 1.44. The topological polar surface area (TPSA) is 38.3 Å². The van der Waals surface area contributed by atoms with E-state index in [0.29, 0.717) is 17.2 Å². The van der Waals surface area contributed by atoms with Crippen LogP contribution in [0, 0.1) is 0 Å². The van der Waals surface area contributed by atoms with E-state index >= 15 is 0 Å². The van der Waals surface area contributed by atoms with Gasteiger partial charge in [-0.2, -0.15) is 0 Å². The summed E-state index contributed by atoms with van der Waals surface area (Å²) in [6, 6.07) is 6.98. The SMILES string of the molecule is COCC(CCBr)NC(=O)c1ccccc1Cl. The molecule has 94 valence electrons. The average molecular weight is 321 g/mol. The Hall–Kier alpha value is -0.580. The summed E-state index contributed by atoms with van der Waals surface area (Å²) < 4.78 is 5.05. The molecular formula is C12H15BrClNO2. The molecule has 0 spiro atoms. The minimum absolute atomic E-state index is 0.0110. The number of carbonyl (C=O) groups is 1. The van der Waals surface area contributed by atoms with Crippen molar-refractivity contribution in [3.63, 3.8) is 0 Å². The van der Waals surface area contributed by atoms with Crippen LogP contribution in [0.1, 0.15) is 16.8 Å². The number of amides is 1. The number of hydrogen-bond acceptors (Lipinski definition) is 2. The van der Waals surface area contributed by atoms with Gasteiger partial charge in [-0.3, -0.25) is 4.79 Å². The molecule has 1 atom stereocenters. The van der Waals surface area contributed by atoms with Crippen molar-refractivity contribution in [1.82, 2.24) is 5.32 Å². The van der Waals surface area contributed by atoms with E-state index in [1.807, 2.05) is 0 Å². The highest BCUT2D eigenvalue weighted by atomic mass is 79.9. The Bertz CT molecular complexity index is 367. The molecule has 0 saturated heterocycles. The minimum atomic E-state index is -0.168. The van der Waals surface area contributed by atoms with E-state index in [2.05, 4.69) is 21.2 Å². The maximum absolute atomic E-state index is 12.0. The standard InChI is InChI=1S/C12H15BrClNO2/c1-17-8-9(6-7-13)15-12(16)10-4-2-3-5-11(10)14/h2-5,9H,6-8H2,1H3,(H,15,16). The number of ether oxygens (including phenoxy) is 1. The zero-order valence-electron chi connectivity index (χ0n) is 9.58. The summed E-state index contributed by atoms with van der Waals surface area (Å²) in [5.74, 6) is -0.168. The lowest BCUT2D eigenvalue weighted by Crippen LogP contribution is -2.38. The summed E-state index contributed by atoms with van der Waals surface area (Å²) in [5.41, 5.74) is 0.491. The van der Waals surface area contributed by atoms with Gasteiger partial charge in [0.1, 0.15) is 0 Å².